The summed E-state index contributed by atoms with van der Waals surface area (Å²) < 4.78 is 0. The molecular formula is C20H40KNO2. The Labute approximate surface area is 193 Å². The summed E-state index contributed by atoms with van der Waals surface area (Å²) in [6, 6.07) is 0. The number of allylic oxidation sites excluding steroid dienone is 1. The van der Waals surface area contributed by atoms with Crippen LogP contribution in [0, 0.1) is 0 Å². The van der Waals surface area contributed by atoms with Crippen molar-refractivity contribution in [2.45, 2.75) is 110 Å². The number of carbonyl (C=O) groups is 1. The van der Waals surface area contributed by atoms with Gasteiger partial charge in [-0.2, -0.15) is 0 Å². The molecule has 0 saturated heterocycles. The fourth-order valence-electron chi connectivity index (χ4n) is 2.71. The van der Waals surface area contributed by atoms with E-state index in [9.17, 15) is 4.79 Å². The molecule has 0 saturated carbocycles. The quantitative estimate of drug-likeness (QED) is 0.201. The molecule has 1 N–H and O–H groups in total. The van der Waals surface area contributed by atoms with Crippen LogP contribution in [-0.4, -0.2) is 57.4 Å². The van der Waals surface area contributed by atoms with Crippen molar-refractivity contribution in [3.63, 3.8) is 0 Å². The van der Waals surface area contributed by atoms with Gasteiger partial charge in [-0.3, -0.25) is 4.79 Å². The minimum absolute atomic E-state index is 0. The molecule has 0 amide bonds. The molecule has 4 heteroatoms. The summed E-state index contributed by atoms with van der Waals surface area (Å²) in [6.07, 6.45) is 24.2. The first-order valence-corrected chi connectivity index (χ1v) is 9.85. The second kappa shape index (κ2) is 23.6. The Balaban J connectivity index is 0. The van der Waals surface area contributed by atoms with Gasteiger partial charge in [0, 0.05) is 13.1 Å². The fourth-order valence-corrected chi connectivity index (χ4v) is 2.71. The molecule has 3 nitrogen and oxygen atoms in total. The molecule has 0 spiro atoms. The van der Waals surface area contributed by atoms with Gasteiger partial charge in [-0.15, -0.1) is 0 Å². The number of rotatable bonds is 17. The van der Waals surface area contributed by atoms with Crippen molar-refractivity contribution >= 4 is 57.4 Å². The molecule has 138 valence electrons. The molecular weight excluding hydrogens is 325 g/mol. The van der Waals surface area contributed by atoms with E-state index in [-0.39, 0.29) is 57.4 Å². The van der Waals surface area contributed by atoms with E-state index in [1.807, 2.05) is 6.08 Å². The van der Waals surface area contributed by atoms with Gasteiger partial charge >= 0.3 is 57.4 Å². The zero-order chi connectivity index (χ0) is 17.0. The Morgan fingerprint density at radius 2 is 1.21 bits per heavy atom. The summed E-state index contributed by atoms with van der Waals surface area (Å²) in [4.78, 5) is 15.1. The summed E-state index contributed by atoms with van der Waals surface area (Å²) in [5.74, 6) is -0.314. The molecule has 0 rings (SSSR count). The van der Waals surface area contributed by atoms with Crippen LogP contribution >= 0.6 is 0 Å². The van der Waals surface area contributed by atoms with E-state index >= 15 is 0 Å². The van der Waals surface area contributed by atoms with Gasteiger partial charge in [-0.25, -0.2) is 5.48 Å². The van der Waals surface area contributed by atoms with Crippen molar-refractivity contribution in [1.82, 2.24) is 5.48 Å². The van der Waals surface area contributed by atoms with E-state index in [1.165, 1.54) is 96.8 Å². The van der Waals surface area contributed by atoms with E-state index in [1.54, 1.807) is 6.20 Å². The number of hydrogen-bond acceptors (Lipinski definition) is 3. The molecule has 0 aliphatic heterocycles. The van der Waals surface area contributed by atoms with Crippen LogP contribution in [0.4, 0.5) is 0 Å². The topological polar surface area (TPSA) is 38.3 Å². The van der Waals surface area contributed by atoms with Crippen molar-refractivity contribution in [2.75, 3.05) is 0 Å². The monoisotopic (exact) mass is 365 g/mol. The molecule has 0 aromatic heterocycles. The first-order valence-electron chi connectivity index (χ1n) is 9.85. The molecule has 0 fully saturated rings. The van der Waals surface area contributed by atoms with Crippen molar-refractivity contribution < 1.29 is 9.63 Å². The fraction of sp³-hybridized carbons (Fsp3) is 0.850. The summed E-state index contributed by atoms with van der Waals surface area (Å²) >= 11 is 0. The van der Waals surface area contributed by atoms with Crippen molar-refractivity contribution in [3.8, 4) is 0 Å². The van der Waals surface area contributed by atoms with Crippen molar-refractivity contribution in [3.05, 3.63) is 12.3 Å². The number of carbonyl (C=O) groups excluding carboxylic acids is 1. The minimum atomic E-state index is -0.314. The molecule has 0 radical (unpaired) electrons. The predicted molar refractivity (Wildman–Crippen MR) is 106 cm³/mol. The van der Waals surface area contributed by atoms with Crippen molar-refractivity contribution in [1.29, 1.82) is 0 Å². The van der Waals surface area contributed by atoms with Crippen LogP contribution in [0.15, 0.2) is 12.3 Å². The molecule has 0 aromatic rings. The zero-order valence-electron chi connectivity index (χ0n) is 15.6. The Morgan fingerprint density at radius 3 is 1.62 bits per heavy atom. The van der Waals surface area contributed by atoms with Crippen LogP contribution < -0.4 is 5.48 Å². The number of unbranched alkanes of at least 4 members (excludes halogenated alkanes) is 14. The van der Waals surface area contributed by atoms with Gasteiger partial charge in [-0.1, -0.05) is 96.5 Å². The SMILES string of the molecule is CCCCCCCCCCCCCCCCC=CNOC(C)=O.[KH]. The number of hydroxylamine groups is 1. The van der Waals surface area contributed by atoms with E-state index < -0.39 is 0 Å². The molecule has 0 aliphatic rings. The first-order chi connectivity index (χ1) is 11.3. The van der Waals surface area contributed by atoms with Gasteiger partial charge in [0.1, 0.15) is 0 Å². The summed E-state index contributed by atoms with van der Waals surface area (Å²) in [5.41, 5.74) is 2.50. The number of nitrogens with one attached hydrogen (secondary N) is 1. The number of hydrogen-bond donors (Lipinski definition) is 1. The third-order valence-corrected chi connectivity index (χ3v) is 4.11. The van der Waals surface area contributed by atoms with Gasteiger partial charge in [0.2, 0.25) is 0 Å². The van der Waals surface area contributed by atoms with Gasteiger partial charge in [0.15, 0.2) is 0 Å². The first kappa shape index (κ1) is 26.9. The Bertz CT molecular complexity index is 283. The second-order valence-corrected chi connectivity index (χ2v) is 6.50. The predicted octanol–water partition coefficient (Wildman–Crippen LogP) is 5.79. The Kier molecular flexibility index (Phi) is 26.5. The van der Waals surface area contributed by atoms with Crippen LogP contribution in [0.1, 0.15) is 110 Å². The molecule has 0 bridgehead atoms. The summed E-state index contributed by atoms with van der Waals surface area (Å²) in [5, 5.41) is 0. The van der Waals surface area contributed by atoms with Gasteiger partial charge < -0.3 is 4.84 Å². The van der Waals surface area contributed by atoms with E-state index in [2.05, 4.69) is 17.2 Å². The molecule has 24 heavy (non-hydrogen) atoms. The van der Waals surface area contributed by atoms with E-state index in [0.717, 1.165) is 6.42 Å². The second-order valence-electron chi connectivity index (χ2n) is 6.50. The summed E-state index contributed by atoms with van der Waals surface area (Å²) in [7, 11) is 0. The standard InChI is InChI=1S/C20H39NO2.K.H/c1-3-4-5-6-7-8-9-10-11-12-13-14-15-16-17-18-19-21-23-20(2)22;;/h18-19,21H,3-17H2,1-2H3;;. The van der Waals surface area contributed by atoms with Crippen LogP contribution in [-0.2, 0) is 9.63 Å². The van der Waals surface area contributed by atoms with E-state index in [0.29, 0.717) is 0 Å². The van der Waals surface area contributed by atoms with Gasteiger partial charge in [-0.05, 0) is 12.8 Å². The maximum absolute atomic E-state index is 10.5. The maximum atomic E-state index is 10.5. The molecule has 0 aromatic carbocycles. The third-order valence-electron chi connectivity index (χ3n) is 4.11. The average molecular weight is 366 g/mol. The molecule has 0 aliphatic carbocycles. The zero-order valence-corrected chi connectivity index (χ0v) is 15.6. The summed E-state index contributed by atoms with van der Waals surface area (Å²) in [6.45, 7) is 3.66. The third kappa shape index (κ3) is 24.9. The van der Waals surface area contributed by atoms with E-state index in [4.69, 9.17) is 0 Å². The van der Waals surface area contributed by atoms with Crippen molar-refractivity contribution in [2.24, 2.45) is 0 Å². The van der Waals surface area contributed by atoms with Crippen LogP contribution in [0.2, 0.25) is 0 Å². The van der Waals surface area contributed by atoms with Crippen LogP contribution in [0.25, 0.3) is 0 Å². The van der Waals surface area contributed by atoms with Crippen LogP contribution in [0.5, 0.6) is 0 Å². The average Bonchev–Trinajstić information content (AvgIpc) is 2.53. The van der Waals surface area contributed by atoms with Gasteiger partial charge in [0.05, 0.1) is 0 Å². The molecule has 0 heterocycles. The van der Waals surface area contributed by atoms with Gasteiger partial charge in [0.25, 0.3) is 0 Å². The Hall–Kier alpha value is 0.646. The molecule has 0 unspecified atom stereocenters. The van der Waals surface area contributed by atoms with Crippen LogP contribution in [0.3, 0.4) is 0 Å². The molecule has 0 atom stereocenters. The normalized spacial score (nSPS) is 10.6. The Morgan fingerprint density at radius 1 is 0.792 bits per heavy atom.